The third kappa shape index (κ3) is 9.12. The molecule has 4 rings (SSSR count). The van der Waals surface area contributed by atoms with Crippen molar-refractivity contribution in [1.82, 2.24) is 5.32 Å². The zero-order valence-electron chi connectivity index (χ0n) is 24.9. The molecule has 0 aliphatic heterocycles. The molecule has 0 radical (unpaired) electrons. The molecule has 10 nitrogen and oxygen atoms in total. The van der Waals surface area contributed by atoms with E-state index in [4.69, 9.17) is 20.1 Å². The summed E-state index contributed by atoms with van der Waals surface area (Å²) in [6.45, 7) is 5.46. The van der Waals surface area contributed by atoms with Gasteiger partial charge in [0.1, 0.15) is 0 Å². The SMILES string of the molecule is CCO.CN.CNC(=O)c1cc(C(=O)O)c(C)cc1C1CCC1.COC(=O)c1cc(C(=O)O)c(C)cc1C1CCC1. The lowest BCUT2D eigenvalue weighted by Gasteiger charge is -2.28. The number of nitrogens with two attached hydrogens (primary N) is 1. The molecule has 0 aromatic heterocycles. The fourth-order valence-corrected chi connectivity index (χ4v) is 4.65. The Morgan fingerprint density at radius 3 is 1.46 bits per heavy atom. The van der Waals surface area contributed by atoms with Crippen LogP contribution in [0.15, 0.2) is 24.3 Å². The van der Waals surface area contributed by atoms with Crippen LogP contribution >= 0.6 is 0 Å². The first-order chi connectivity index (χ1) is 19.5. The van der Waals surface area contributed by atoms with Crippen LogP contribution in [0.5, 0.6) is 0 Å². The van der Waals surface area contributed by atoms with Crippen LogP contribution in [0.1, 0.15) is 121 Å². The average Bonchev–Trinajstić information content (AvgIpc) is 2.87. The molecule has 2 saturated carbocycles. The van der Waals surface area contributed by atoms with Gasteiger partial charge < -0.3 is 31.1 Å². The van der Waals surface area contributed by atoms with Gasteiger partial charge in [-0.1, -0.05) is 25.0 Å². The van der Waals surface area contributed by atoms with Crippen molar-refractivity contribution in [3.63, 3.8) is 0 Å². The first kappa shape index (κ1) is 35.3. The standard InChI is InChI=1S/C14H17NO3.C14H16O4.C2H6O.CH5N/c1-8-6-11(9-4-3-5-9)12(13(16)15-2)7-10(8)14(17)18;1-8-6-11(9-4-3-5-9)12(14(17)18-2)7-10(8)13(15)16;1-2-3;1-2/h6-7,9H,3-5H2,1-2H3,(H,15,16)(H,17,18);6-7,9H,3-5H2,1-2H3,(H,15,16);3H,2H2,1H3;2H2,1H3. The fraction of sp³-hybridized carbons (Fsp3) is 0.484. The largest absolute Gasteiger partial charge is 0.478 e. The smallest absolute Gasteiger partial charge is 0.338 e. The number of aliphatic hydroxyl groups excluding tert-OH is 1. The van der Waals surface area contributed by atoms with Gasteiger partial charge in [-0.15, -0.1) is 0 Å². The van der Waals surface area contributed by atoms with Gasteiger partial charge in [0.2, 0.25) is 0 Å². The van der Waals surface area contributed by atoms with Gasteiger partial charge in [-0.05, 0) is 99.7 Å². The molecule has 0 atom stereocenters. The van der Waals surface area contributed by atoms with E-state index < -0.39 is 17.9 Å². The van der Waals surface area contributed by atoms with Crippen LogP contribution in [0.4, 0.5) is 0 Å². The Bertz CT molecular complexity index is 1120. The molecule has 0 bridgehead atoms. The average molecular weight is 573 g/mol. The third-order valence-electron chi connectivity index (χ3n) is 7.22. The van der Waals surface area contributed by atoms with Crippen LogP contribution in [-0.2, 0) is 4.74 Å². The first-order valence-electron chi connectivity index (χ1n) is 13.7. The normalized spacial score (nSPS) is 13.8. The minimum absolute atomic E-state index is 0.165. The number of nitrogens with one attached hydrogen (secondary N) is 1. The number of carbonyl (C=O) groups is 4. The highest BCUT2D eigenvalue weighted by molar-refractivity contribution is 5.99. The summed E-state index contributed by atoms with van der Waals surface area (Å²) in [7, 11) is 4.38. The molecule has 226 valence electrons. The van der Waals surface area contributed by atoms with E-state index in [1.54, 1.807) is 27.8 Å². The van der Waals surface area contributed by atoms with E-state index in [2.05, 4.69) is 11.1 Å². The highest BCUT2D eigenvalue weighted by Gasteiger charge is 2.28. The molecule has 6 N–H and O–H groups in total. The topological polar surface area (TPSA) is 176 Å². The molecule has 2 aliphatic rings. The minimum atomic E-state index is -1.02. The van der Waals surface area contributed by atoms with E-state index in [0.717, 1.165) is 48.8 Å². The van der Waals surface area contributed by atoms with Crippen LogP contribution in [-0.4, -0.2) is 66.9 Å². The Kier molecular flexibility index (Phi) is 14.7. The molecule has 2 aliphatic carbocycles. The maximum Gasteiger partial charge on any atom is 0.338 e. The number of carbonyl (C=O) groups excluding carboxylic acids is 2. The van der Waals surface area contributed by atoms with Crippen LogP contribution < -0.4 is 11.1 Å². The number of amides is 1. The first-order valence-corrected chi connectivity index (χ1v) is 13.7. The van der Waals surface area contributed by atoms with Gasteiger partial charge in [-0.3, -0.25) is 4.79 Å². The summed E-state index contributed by atoms with van der Waals surface area (Å²) in [6.07, 6.45) is 6.60. The minimum Gasteiger partial charge on any atom is -0.478 e. The zero-order chi connectivity index (χ0) is 31.3. The number of carboxylic acids is 2. The highest BCUT2D eigenvalue weighted by atomic mass is 16.5. The molecule has 0 heterocycles. The molecule has 0 saturated heterocycles. The molecule has 41 heavy (non-hydrogen) atoms. The van der Waals surface area contributed by atoms with Crippen molar-refractivity contribution in [1.29, 1.82) is 0 Å². The Morgan fingerprint density at radius 1 is 0.805 bits per heavy atom. The van der Waals surface area contributed by atoms with Gasteiger partial charge in [-0.2, -0.15) is 0 Å². The number of ether oxygens (including phenoxy) is 1. The van der Waals surface area contributed by atoms with Gasteiger partial charge in [0.05, 0.1) is 23.8 Å². The Balaban J connectivity index is 0.000000355. The van der Waals surface area contributed by atoms with Crippen LogP contribution in [0, 0.1) is 13.8 Å². The second-order valence-electron chi connectivity index (χ2n) is 9.76. The van der Waals surface area contributed by atoms with E-state index in [1.165, 1.54) is 32.7 Å². The molecule has 1 amide bonds. The summed E-state index contributed by atoms with van der Waals surface area (Å²) in [6, 6.07) is 6.62. The Hall–Kier alpha value is -3.76. The van der Waals surface area contributed by atoms with Gasteiger partial charge >= 0.3 is 17.9 Å². The van der Waals surface area contributed by atoms with Crippen molar-refractivity contribution in [3.8, 4) is 0 Å². The van der Waals surface area contributed by atoms with Gasteiger partial charge in [0, 0.05) is 19.2 Å². The molecule has 10 heteroatoms. The number of hydrogen-bond acceptors (Lipinski definition) is 7. The maximum atomic E-state index is 11.9. The van der Waals surface area contributed by atoms with Crippen molar-refractivity contribution in [2.45, 2.75) is 71.1 Å². The lowest BCUT2D eigenvalue weighted by atomic mass is 9.77. The van der Waals surface area contributed by atoms with Crippen molar-refractivity contribution in [3.05, 3.63) is 68.8 Å². The molecule has 0 spiro atoms. The number of rotatable bonds is 6. The molecule has 2 aromatic rings. The Morgan fingerprint density at radius 2 is 1.17 bits per heavy atom. The number of aromatic carboxylic acids is 2. The summed E-state index contributed by atoms with van der Waals surface area (Å²) >= 11 is 0. The summed E-state index contributed by atoms with van der Waals surface area (Å²) in [5.41, 5.74) is 9.10. The molecular formula is C31H44N2O8. The number of aliphatic hydroxyl groups is 1. The number of aryl methyl sites for hydroxylation is 2. The van der Waals surface area contributed by atoms with Crippen molar-refractivity contribution in [2.75, 3.05) is 27.8 Å². The number of esters is 1. The number of benzene rings is 2. The lowest BCUT2D eigenvalue weighted by Crippen LogP contribution is -2.23. The predicted molar refractivity (Wildman–Crippen MR) is 157 cm³/mol. The van der Waals surface area contributed by atoms with Gasteiger partial charge in [0.15, 0.2) is 0 Å². The predicted octanol–water partition coefficient (Wildman–Crippen LogP) is 4.64. The van der Waals surface area contributed by atoms with Crippen LogP contribution in [0.3, 0.4) is 0 Å². The third-order valence-corrected chi connectivity index (χ3v) is 7.22. The second-order valence-corrected chi connectivity index (χ2v) is 9.76. The molecular weight excluding hydrogens is 528 g/mol. The van der Waals surface area contributed by atoms with E-state index >= 15 is 0 Å². The van der Waals surface area contributed by atoms with E-state index in [0.29, 0.717) is 28.5 Å². The number of carboxylic acid groups (broad SMARTS) is 2. The summed E-state index contributed by atoms with van der Waals surface area (Å²) in [4.78, 5) is 45.8. The highest BCUT2D eigenvalue weighted by Crippen LogP contribution is 2.40. The van der Waals surface area contributed by atoms with Crippen molar-refractivity contribution >= 4 is 23.8 Å². The van der Waals surface area contributed by atoms with Gasteiger partial charge in [0.25, 0.3) is 5.91 Å². The lowest BCUT2D eigenvalue weighted by molar-refractivity contribution is 0.0597. The van der Waals surface area contributed by atoms with Crippen molar-refractivity contribution in [2.24, 2.45) is 5.73 Å². The van der Waals surface area contributed by atoms with Crippen molar-refractivity contribution < 1.29 is 39.2 Å². The molecule has 2 fully saturated rings. The van der Waals surface area contributed by atoms with Crippen LogP contribution in [0.2, 0.25) is 0 Å². The second kappa shape index (κ2) is 17.1. The Labute approximate surface area is 241 Å². The number of hydrogen-bond donors (Lipinski definition) is 5. The van der Waals surface area contributed by atoms with E-state index in [-0.39, 0.29) is 23.6 Å². The maximum absolute atomic E-state index is 11.9. The van der Waals surface area contributed by atoms with E-state index in [1.807, 2.05) is 12.1 Å². The zero-order valence-corrected chi connectivity index (χ0v) is 24.9. The van der Waals surface area contributed by atoms with Gasteiger partial charge in [-0.25, -0.2) is 14.4 Å². The summed E-state index contributed by atoms with van der Waals surface area (Å²) in [5, 5.41) is 28.4. The number of methoxy groups -OCH3 is 1. The quantitative estimate of drug-likeness (QED) is 0.309. The van der Waals surface area contributed by atoms with Crippen LogP contribution in [0.25, 0.3) is 0 Å². The monoisotopic (exact) mass is 572 g/mol. The summed E-state index contributed by atoms with van der Waals surface area (Å²) < 4.78 is 4.74. The fourth-order valence-electron chi connectivity index (χ4n) is 4.65. The molecule has 0 unspecified atom stereocenters. The molecule has 2 aromatic carbocycles. The van der Waals surface area contributed by atoms with E-state index in [9.17, 15) is 19.2 Å². The summed E-state index contributed by atoms with van der Waals surface area (Å²) in [5.74, 6) is -1.91.